The highest BCUT2D eigenvalue weighted by Crippen LogP contribution is 2.26. The molecule has 0 bridgehead atoms. The van der Waals surface area contributed by atoms with Crippen molar-refractivity contribution < 1.29 is 9.90 Å². The second kappa shape index (κ2) is 8.35. The molecular weight excluding hydrogens is 228 g/mol. The minimum absolute atomic E-state index is 0.0552. The van der Waals surface area contributed by atoms with Gasteiger partial charge in [-0.05, 0) is 51.4 Å². The number of urea groups is 1. The largest absolute Gasteiger partial charge is 0.396 e. The molecule has 0 aromatic carbocycles. The number of carbonyl (C=O) groups excluding carboxylic acids is 1. The van der Waals surface area contributed by atoms with Gasteiger partial charge in [0, 0.05) is 18.7 Å². The van der Waals surface area contributed by atoms with Crippen molar-refractivity contribution in [2.75, 3.05) is 6.61 Å². The summed E-state index contributed by atoms with van der Waals surface area (Å²) in [4.78, 5) is 11.8. The minimum atomic E-state index is -0.0552. The molecule has 0 spiro atoms. The fraction of sp³-hybridized carbons (Fsp3) is 0.929. The van der Waals surface area contributed by atoms with Gasteiger partial charge in [0.15, 0.2) is 0 Å². The Morgan fingerprint density at radius 3 is 2.56 bits per heavy atom. The zero-order chi connectivity index (χ0) is 13.4. The van der Waals surface area contributed by atoms with Crippen LogP contribution in [0.25, 0.3) is 0 Å². The first-order chi connectivity index (χ1) is 8.65. The van der Waals surface area contributed by atoms with E-state index in [4.69, 9.17) is 5.11 Å². The summed E-state index contributed by atoms with van der Waals surface area (Å²) in [5, 5.41) is 14.7. The quantitative estimate of drug-likeness (QED) is 0.683. The van der Waals surface area contributed by atoms with Gasteiger partial charge in [-0.15, -0.1) is 0 Å². The lowest BCUT2D eigenvalue weighted by Gasteiger charge is -2.28. The van der Waals surface area contributed by atoms with Crippen LogP contribution in [0.5, 0.6) is 0 Å². The summed E-state index contributed by atoms with van der Waals surface area (Å²) in [5.41, 5.74) is 0. The maximum atomic E-state index is 11.8. The maximum absolute atomic E-state index is 11.8. The van der Waals surface area contributed by atoms with E-state index in [-0.39, 0.29) is 18.7 Å². The second-order valence-electron chi connectivity index (χ2n) is 5.51. The van der Waals surface area contributed by atoms with Gasteiger partial charge in [0.05, 0.1) is 0 Å². The lowest BCUT2D eigenvalue weighted by molar-refractivity contribution is 0.221. The van der Waals surface area contributed by atoms with E-state index in [1.807, 2.05) is 6.92 Å². The van der Waals surface area contributed by atoms with Crippen LogP contribution in [-0.2, 0) is 0 Å². The fourth-order valence-corrected chi connectivity index (χ4v) is 2.64. The lowest BCUT2D eigenvalue weighted by Crippen LogP contribution is -2.46. The number of aliphatic hydroxyl groups is 1. The van der Waals surface area contributed by atoms with Gasteiger partial charge in [0.2, 0.25) is 0 Å². The number of hydrogen-bond acceptors (Lipinski definition) is 2. The summed E-state index contributed by atoms with van der Waals surface area (Å²) in [5.74, 6) is 0.856. The summed E-state index contributed by atoms with van der Waals surface area (Å²) in [6.45, 7) is 4.41. The molecule has 1 aliphatic carbocycles. The molecule has 0 aromatic rings. The Balaban J connectivity index is 2.16. The predicted octanol–water partition coefficient (Wildman–Crippen LogP) is 2.42. The van der Waals surface area contributed by atoms with Gasteiger partial charge >= 0.3 is 6.03 Å². The van der Waals surface area contributed by atoms with E-state index in [1.165, 1.54) is 19.3 Å². The SMILES string of the molecule is CCC1CCC(NC(=O)NC(C)CCCO)CC1. The van der Waals surface area contributed by atoms with Gasteiger partial charge < -0.3 is 15.7 Å². The Morgan fingerprint density at radius 2 is 2.00 bits per heavy atom. The first kappa shape index (κ1) is 15.3. The van der Waals surface area contributed by atoms with Crippen molar-refractivity contribution in [2.24, 2.45) is 5.92 Å². The van der Waals surface area contributed by atoms with Crippen molar-refractivity contribution in [1.82, 2.24) is 10.6 Å². The molecular formula is C14H28N2O2. The zero-order valence-electron chi connectivity index (χ0n) is 11.7. The van der Waals surface area contributed by atoms with E-state index in [1.54, 1.807) is 0 Å². The normalized spacial score (nSPS) is 25.5. The van der Waals surface area contributed by atoms with Crippen molar-refractivity contribution >= 4 is 6.03 Å². The molecule has 1 unspecified atom stereocenters. The summed E-state index contributed by atoms with van der Waals surface area (Å²) in [6.07, 6.45) is 7.52. The van der Waals surface area contributed by atoms with Gasteiger partial charge in [-0.2, -0.15) is 0 Å². The number of amides is 2. The highest BCUT2D eigenvalue weighted by molar-refractivity contribution is 5.74. The molecule has 0 heterocycles. The zero-order valence-corrected chi connectivity index (χ0v) is 11.7. The molecule has 0 aliphatic heterocycles. The standard InChI is InChI=1S/C14H28N2O2/c1-3-12-6-8-13(9-7-12)16-14(18)15-11(2)5-4-10-17/h11-13,17H,3-10H2,1-2H3,(H2,15,16,18). The number of rotatable bonds is 6. The van der Waals surface area contributed by atoms with Crippen molar-refractivity contribution in [1.29, 1.82) is 0 Å². The van der Waals surface area contributed by atoms with Gasteiger partial charge in [-0.3, -0.25) is 0 Å². The molecule has 0 radical (unpaired) electrons. The van der Waals surface area contributed by atoms with Crippen LogP contribution in [0.2, 0.25) is 0 Å². The third-order valence-corrected chi connectivity index (χ3v) is 3.93. The van der Waals surface area contributed by atoms with E-state index in [9.17, 15) is 4.79 Å². The van der Waals surface area contributed by atoms with E-state index < -0.39 is 0 Å². The van der Waals surface area contributed by atoms with Crippen LogP contribution < -0.4 is 10.6 Å². The molecule has 1 atom stereocenters. The molecule has 1 aliphatic rings. The van der Waals surface area contributed by atoms with E-state index in [0.29, 0.717) is 6.04 Å². The molecule has 4 nitrogen and oxygen atoms in total. The Bertz CT molecular complexity index is 238. The van der Waals surface area contributed by atoms with E-state index in [0.717, 1.165) is 31.6 Å². The van der Waals surface area contributed by atoms with Crippen LogP contribution in [-0.4, -0.2) is 29.8 Å². The average molecular weight is 256 g/mol. The summed E-state index contributed by atoms with van der Waals surface area (Å²) in [6, 6.07) is 0.419. The Labute approximate surface area is 111 Å². The first-order valence-electron chi connectivity index (χ1n) is 7.33. The van der Waals surface area contributed by atoms with Crippen LogP contribution in [0.1, 0.15) is 58.8 Å². The third kappa shape index (κ3) is 5.71. The molecule has 1 saturated carbocycles. The monoisotopic (exact) mass is 256 g/mol. The number of nitrogens with one attached hydrogen (secondary N) is 2. The van der Waals surface area contributed by atoms with Gasteiger partial charge in [0.25, 0.3) is 0 Å². The second-order valence-corrected chi connectivity index (χ2v) is 5.51. The summed E-state index contributed by atoms with van der Waals surface area (Å²) in [7, 11) is 0. The van der Waals surface area contributed by atoms with Crippen LogP contribution in [0.4, 0.5) is 4.79 Å². The smallest absolute Gasteiger partial charge is 0.315 e. The molecule has 0 aromatic heterocycles. The minimum Gasteiger partial charge on any atom is -0.396 e. The highest BCUT2D eigenvalue weighted by Gasteiger charge is 2.21. The molecule has 2 amide bonds. The fourth-order valence-electron chi connectivity index (χ4n) is 2.64. The van der Waals surface area contributed by atoms with Gasteiger partial charge in [0.1, 0.15) is 0 Å². The van der Waals surface area contributed by atoms with Crippen molar-refractivity contribution in [3.63, 3.8) is 0 Å². The Morgan fingerprint density at radius 1 is 1.33 bits per heavy atom. The molecule has 3 N–H and O–H groups in total. The van der Waals surface area contributed by atoms with Crippen molar-refractivity contribution in [2.45, 2.75) is 70.9 Å². The lowest BCUT2D eigenvalue weighted by atomic mass is 9.85. The molecule has 0 saturated heterocycles. The Kier molecular flexibility index (Phi) is 7.09. The van der Waals surface area contributed by atoms with Crippen LogP contribution in [0.15, 0.2) is 0 Å². The summed E-state index contributed by atoms with van der Waals surface area (Å²) < 4.78 is 0. The number of carbonyl (C=O) groups is 1. The Hall–Kier alpha value is -0.770. The molecule has 1 rings (SSSR count). The molecule has 4 heteroatoms. The van der Waals surface area contributed by atoms with Gasteiger partial charge in [-0.1, -0.05) is 13.3 Å². The van der Waals surface area contributed by atoms with Crippen LogP contribution in [0, 0.1) is 5.92 Å². The average Bonchev–Trinajstić information content (AvgIpc) is 2.37. The van der Waals surface area contributed by atoms with Crippen molar-refractivity contribution in [3.8, 4) is 0 Å². The highest BCUT2D eigenvalue weighted by atomic mass is 16.3. The topological polar surface area (TPSA) is 61.4 Å². The number of aliphatic hydroxyl groups excluding tert-OH is 1. The molecule has 1 fully saturated rings. The van der Waals surface area contributed by atoms with Crippen LogP contribution in [0.3, 0.4) is 0 Å². The first-order valence-corrected chi connectivity index (χ1v) is 7.33. The van der Waals surface area contributed by atoms with Crippen LogP contribution >= 0.6 is 0 Å². The van der Waals surface area contributed by atoms with E-state index in [2.05, 4.69) is 17.6 Å². The molecule has 18 heavy (non-hydrogen) atoms. The number of hydrogen-bond donors (Lipinski definition) is 3. The third-order valence-electron chi connectivity index (χ3n) is 3.93. The van der Waals surface area contributed by atoms with Gasteiger partial charge in [-0.25, -0.2) is 4.79 Å². The van der Waals surface area contributed by atoms with Crippen molar-refractivity contribution in [3.05, 3.63) is 0 Å². The molecule has 106 valence electrons. The van der Waals surface area contributed by atoms with E-state index >= 15 is 0 Å². The predicted molar refractivity (Wildman–Crippen MR) is 73.5 cm³/mol. The maximum Gasteiger partial charge on any atom is 0.315 e. The summed E-state index contributed by atoms with van der Waals surface area (Å²) >= 11 is 0.